The van der Waals surface area contributed by atoms with E-state index < -0.39 is 0 Å². The van der Waals surface area contributed by atoms with E-state index in [-0.39, 0.29) is 31.1 Å². The largest absolute Gasteiger partial charge is 2.00 e. The molecule has 2 rings (SSSR count). The van der Waals surface area contributed by atoms with Crippen LogP contribution < -0.4 is 0 Å². The van der Waals surface area contributed by atoms with Gasteiger partial charge < -0.3 is 0 Å². The summed E-state index contributed by atoms with van der Waals surface area (Å²) in [5.41, 5.74) is 4.08. The Labute approximate surface area is 121 Å². The fraction of sp³-hybridized carbons (Fsp3) is 0. The minimum absolute atomic E-state index is 0. The molecule has 2 aromatic carbocycles. The zero-order chi connectivity index (χ0) is 10.7. The first-order chi connectivity index (χ1) is 7.29. The van der Waals surface area contributed by atoms with Crippen molar-refractivity contribution < 1.29 is 31.1 Å². The summed E-state index contributed by atoms with van der Waals surface area (Å²) in [7, 11) is 0. The Morgan fingerprint density at radius 1 is 1.06 bits per heavy atom. The molecule has 0 radical (unpaired) electrons. The molecule has 16 heavy (non-hydrogen) atoms. The van der Waals surface area contributed by atoms with Crippen LogP contribution in [0.1, 0.15) is 16.7 Å². The summed E-state index contributed by atoms with van der Waals surface area (Å²) >= 11 is 0. The van der Waals surface area contributed by atoms with Crippen molar-refractivity contribution >= 4 is 5.57 Å². The summed E-state index contributed by atoms with van der Waals surface area (Å²) in [6, 6.07) is 19.0. The molecule has 0 heterocycles. The number of rotatable bonds is 2. The average molecular weight is 430 g/mol. The van der Waals surface area contributed by atoms with E-state index in [1.807, 2.05) is 48.5 Å². The molecule has 0 spiro atoms. The van der Waals surface area contributed by atoms with Crippen molar-refractivity contribution in [1.29, 1.82) is 0 Å². The SMILES string of the molecule is C=C(c1[c-]cccc1)c1ccccc1[CH2-].[U+2]. The Bertz CT molecular complexity index is 472. The molecule has 0 N–H and O–H groups in total. The molecule has 1 heteroatoms. The summed E-state index contributed by atoms with van der Waals surface area (Å²) in [6.07, 6.45) is 0. The van der Waals surface area contributed by atoms with Crippen LogP contribution in [0.15, 0.2) is 55.1 Å². The van der Waals surface area contributed by atoms with Gasteiger partial charge >= 0.3 is 31.1 Å². The molecule has 0 aliphatic rings. The van der Waals surface area contributed by atoms with Gasteiger partial charge in [-0.05, 0) is 0 Å². The Morgan fingerprint density at radius 3 is 2.38 bits per heavy atom. The molecular weight excluding hydrogens is 418 g/mol. The predicted molar refractivity (Wildman–Crippen MR) is 64.3 cm³/mol. The van der Waals surface area contributed by atoms with E-state index in [9.17, 15) is 0 Å². The van der Waals surface area contributed by atoms with Crippen LogP contribution in [-0.4, -0.2) is 0 Å². The molecule has 0 aromatic heterocycles. The summed E-state index contributed by atoms with van der Waals surface area (Å²) in [5, 5.41) is 0. The molecular formula is C15H12U. The molecule has 0 nitrogen and oxygen atoms in total. The van der Waals surface area contributed by atoms with Crippen molar-refractivity contribution in [2.24, 2.45) is 0 Å². The van der Waals surface area contributed by atoms with Gasteiger partial charge in [0.1, 0.15) is 0 Å². The molecule has 76 valence electrons. The molecule has 0 saturated heterocycles. The summed E-state index contributed by atoms with van der Waals surface area (Å²) in [4.78, 5) is 0. The van der Waals surface area contributed by atoms with Gasteiger partial charge in [0.2, 0.25) is 0 Å². The van der Waals surface area contributed by atoms with E-state index in [0.717, 1.165) is 22.3 Å². The zero-order valence-electron chi connectivity index (χ0n) is 9.03. The van der Waals surface area contributed by atoms with E-state index in [0.29, 0.717) is 0 Å². The van der Waals surface area contributed by atoms with Gasteiger partial charge in [0.15, 0.2) is 0 Å². The quantitative estimate of drug-likeness (QED) is 0.638. The molecule has 2 aromatic rings. The van der Waals surface area contributed by atoms with Gasteiger partial charge in [-0.2, -0.15) is 35.3 Å². The zero-order valence-corrected chi connectivity index (χ0v) is 13.2. The van der Waals surface area contributed by atoms with E-state index in [2.05, 4.69) is 19.6 Å². The maximum Gasteiger partial charge on any atom is 2.00 e. The summed E-state index contributed by atoms with van der Waals surface area (Å²) in [5.74, 6) is 0. The average Bonchev–Trinajstić information content (AvgIpc) is 2.30. The standard InChI is InChI=1S/C15H12.U/c1-12-8-6-7-11-15(12)13(2)14-9-4-3-5-10-14;/h3-9,11H,1-2H2;/q-2;+2. The van der Waals surface area contributed by atoms with E-state index in [1.165, 1.54) is 0 Å². The van der Waals surface area contributed by atoms with Gasteiger partial charge in [0, 0.05) is 0 Å². The van der Waals surface area contributed by atoms with Crippen molar-refractivity contribution in [2.75, 3.05) is 0 Å². The van der Waals surface area contributed by atoms with Crippen molar-refractivity contribution in [3.8, 4) is 0 Å². The van der Waals surface area contributed by atoms with Gasteiger partial charge in [0.05, 0.1) is 0 Å². The van der Waals surface area contributed by atoms with Crippen LogP contribution in [0.5, 0.6) is 0 Å². The Balaban J connectivity index is 0.00000128. The third-order valence-electron chi connectivity index (χ3n) is 2.38. The van der Waals surface area contributed by atoms with Crippen LogP contribution in [0.3, 0.4) is 0 Å². The summed E-state index contributed by atoms with van der Waals surface area (Å²) in [6.45, 7) is 8.08. The van der Waals surface area contributed by atoms with Gasteiger partial charge in [-0.15, -0.1) is 49.0 Å². The van der Waals surface area contributed by atoms with Crippen LogP contribution in [0.25, 0.3) is 5.57 Å². The molecule has 0 unspecified atom stereocenters. The van der Waals surface area contributed by atoms with Crippen molar-refractivity contribution in [2.45, 2.75) is 0 Å². The first-order valence-corrected chi connectivity index (χ1v) is 4.86. The first kappa shape index (κ1) is 13.2. The minimum atomic E-state index is 0. The van der Waals surface area contributed by atoms with E-state index >= 15 is 0 Å². The molecule has 0 aliphatic heterocycles. The molecule has 0 saturated carbocycles. The maximum absolute atomic E-state index is 4.08. The van der Waals surface area contributed by atoms with Gasteiger partial charge in [-0.3, -0.25) is 0 Å². The number of hydrogen-bond acceptors (Lipinski definition) is 0. The molecule has 0 aliphatic carbocycles. The molecule has 0 amide bonds. The van der Waals surface area contributed by atoms with Crippen molar-refractivity contribution in [3.05, 3.63) is 84.8 Å². The molecule has 0 fully saturated rings. The molecule has 0 atom stereocenters. The first-order valence-electron chi connectivity index (χ1n) is 4.86. The van der Waals surface area contributed by atoms with Crippen LogP contribution in [0.2, 0.25) is 0 Å². The fourth-order valence-corrected chi connectivity index (χ4v) is 1.54. The van der Waals surface area contributed by atoms with E-state index in [1.54, 1.807) is 0 Å². The summed E-state index contributed by atoms with van der Waals surface area (Å²) < 4.78 is 0. The second-order valence-corrected chi connectivity index (χ2v) is 3.41. The van der Waals surface area contributed by atoms with Crippen LogP contribution in [-0.2, 0) is 0 Å². The minimum Gasteiger partial charge on any atom is -0.199 e. The fourth-order valence-electron chi connectivity index (χ4n) is 1.54. The van der Waals surface area contributed by atoms with Gasteiger partial charge in [0.25, 0.3) is 0 Å². The second-order valence-electron chi connectivity index (χ2n) is 3.41. The third-order valence-corrected chi connectivity index (χ3v) is 2.38. The number of hydrogen-bond donors (Lipinski definition) is 0. The second kappa shape index (κ2) is 5.99. The maximum atomic E-state index is 4.08. The van der Waals surface area contributed by atoms with Crippen molar-refractivity contribution in [1.82, 2.24) is 0 Å². The number of benzene rings is 2. The van der Waals surface area contributed by atoms with E-state index in [4.69, 9.17) is 0 Å². The topological polar surface area (TPSA) is 0 Å². The van der Waals surface area contributed by atoms with Crippen LogP contribution in [0.4, 0.5) is 0 Å². The Kier molecular flexibility index (Phi) is 4.93. The van der Waals surface area contributed by atoms with Crippen LogP contribution >= 0.6 is 0 Å². The van der Waals surface area contributed by atoms with Gasteiger partial charge in [-0.1, -0.05) is 6.07 Å². The normalized spacial score (nSPS) is 9.25. The van der Waals surface area contributed by atoms with Crippen molar-refractivity contribution in [3.63, 3.8) is 0 Å². The predicted octanol–water partition coefficient (Wildman–Crippen LogP) is 3.73. The third kappa shape index (κ3) is 2.82. The van der Waals surface area contributed by atoms with Crippen LogP contribution in [0, 0.1) is 44.1 Å². The van der Waals surface area contributed by atoms with Gasteiger partial charge in [-0.25, -0.2) is 0 Å². The monoisotopic (exact) mass is 430 g/mol. The Hall–Kier alpha value is -0.898. The Morgan fingerprint density at radius 2 is 1.75 bits per heavy atom. The molecule has 0 bridgehead atoms. The smallest absolute Gasteiger partial charge is 0.199 e.